The minimum Gasteiger partial charge on any atom is -0.395 e. The Bertz CT molecular complexity index is 101. The number of hydrogen-bond donors (Lipinski definition) is 2. The molecule has 0 spiro atoms. The van der Waals surface area contributed by atoms with Crippen LogP contribution in [0.4, 0.5) is 8.78 Å². The van der Waals surface area contributed by atoms with E-state index in [-0.39, 0.29) is 13.2 Å². The van der Waals surface area contributed by atoms with Crippen molar-refractivity contribution in [3.8, 4) is 0 Å². The van der Waals surface area contributed by atoms with E-state index in [1.54, 1.807) is 0 Å². The van der Waals surface area contributed by atoms with Gasteiger partial charge in [-0.3, -0.25) is 0 Å². The molecule has 1 heterocycles. The lowest BCUT2D eigenvalue weighted by Gasteiger charge is -2.07. The molecule has 3 atom stereocenters. The number of hydrogen-bond acceptors (Lipinski definition) is 2. The van der Waals surface area contributed by atoms with Crippen LogP contribution in [-0.2, 0) is 0 Å². The van der Waals surface area contributed by atoms with Crippen molar-refractivity contribution in [2.45, 2.75) is 18.4 Å². The van der Waals surface area contributed by atoms with Gasteiger partial charge in [-0.15, -0.1) is 0 Å². The number of aliphatic hydroxyl groups is 1. The molecule has 1 rings (SSSR count). The van der Waals surface area contributed by atoms with Crippen molar-refractivity contribution < 1.29 is 13.9 Å². The minimum absolute atomic E-state index is 0.0202. The molecule has 54 valence electrons. The first-order valence-electron chi connectivity index (χ1n) is 2.88. The molecule has 2 nitrogen and oxygen atoms in total. The first kappa shape index (κ1) is 6.89. The maximum absolute atomic E-state index is 12.4. The maximum Gasteiger partial charge on any atom is 0.150 e. The Hall–Kier alpha value is -0.220. The van der Waals surface area contributed by atoms with Gasteiger partial charge >= 0.3 is 0 Å². The average Bonchev–Trinajstić information content (AvgIpc) is 2.15. The van der Waals surface area contributed by atoms with Crippen LogP contribution in [0.3, 0.4) is 0 Å². The quantitative estimate of drug-likeness (QED) is 0.516. The van der Waals surface area contributed by atoms with Crippen molar-refractivity contribution in [3.05, 3.63) is 0 Å². The highest BCUT2D eigenvalue weighted by atomic mass is 19.2. The molecule has 1 fully saturated rings. The largest absolute Gasteiger partial charge is 0.395 e. The van der Waals surface area contributed by atoms with Gasteiger partial charge in [0.2, 0.25) is 0 Å². The fraction of sp³-hybridized carbons (Fsp3) is 1.00. The van der Waals surface area contributed by atoms with Crippen molar-refractivity contribution in [1.82, 2.24) is 5.32 Å². The summed E-state index contributed by atoms with van der Waals surface area (Å²) in [6, 6.07) is -0.694. The lowest BCUT2D eigenvalue weighted by molar-refractivity contribution is 0.151. The van der Waals surface area contributed by atoms with E-state index in [1.165, 1.54) is 0 Å². The third-order valence-corrected chi connectivity index (χ3v) is 1.50. The second-order valence-electron chi connectivity index (χ2n) is 2.16. The summed E-state index contributed by atoms with van der Waals surface area (Å²) in [5, 5.41) is 10.9. The first-order chi connectivity index (χ1) is 4.25. The molecule has 2 unspecified atom stereocenters. The van der Waals surface area contributed by atoms with Crippen molar-refractivity contribution in [2.75, 3.05) is 13.2 Å². The summed E-state index contributed by atoms with van der Waals surface area (Å²) < 4.78 is 24.6. The molecule has 0 aromatic carbocycles. The van der Waals surface area contributed by atoms with Crippen LogP contribution in [0, 0.1) is 0 Å². The molecule has 0 aromatic heterocycles. The maximum atomic E-state index is 12.4. The number of nitrogens with one attached hydrogen (secondary N) is 1. The molecule has 4 heteroatoms. The van der Waals surface area contributed by atoms with Crippen LogP contribution in [0.25, 0.3) is 0 Å². The van der Waals surface area contributed by atoms with E-state index in [4.69, 9.17) is 5.11 Å². The predicted molar refractivity (Wildman–Crippen MR) is 28.7 cm³/mol. The van der Waals surface area contributed by atoms with E-state index in [2.05, 4.69) is 5.32 Å². The summed E-state index contributed by atoms with van der Waals surface area (Å²) in [5.41, 5.74) is 0. The van der Waals surface area contributed by atoms with Crippen LogP contribution < -0.4 is 5.32 Å². The fourth-order valence-corrected chi connectivity index (χ4v) is 0.906. The lowest BCUT2D eigenvalue weighted by atomic mass is 10.2. The van der Waals surface area contributed by atoms with Crippen LogP contribution in [0.15, 0.2) is 0 Å². The number of rotatable bonds is 1. The smallest absolute Gasteiger partial charge is 0.150 e. The van der Waals surface area contributed by atoms with Crippen LogP contribution in [0.5, 0.6) is 0 Å². The molecule has 0 amide bonds. The third-order valence-electron chi connectivity index (χ3n) is 1.50. The Balaban J connectivity index is 2.41. The van der Waals surface area contributed by atoms with Crippen LogP contribution >= 0.6 is 0 Å². The summed E-state index contributed by atoms with van der Waals surface area (Å²) in [7, 11) is 0. The van der Waals surface area contributed by atoms with Crippen LogP contribution in [0.1, 0.15) is 0 Å². The van der Waals surface area contributed by atoms with E-state index >= 15 is 0 Å². The molecular weight excluding hydrogens is 128 g/mol. The Labute approximate surface area is 51.9 Å². The molecule has 1 aliphatic heterocycles. The van der Waals surface area contributed by atoms with Gasteiger partial charge in [0.1, 0.15) is 12.3 Å². The zero-order chi connectivity index (χ0) is 6.85. The summed E-state index contributed by atoms with van der Waals surface area (Å²) in [6.45, 7) is -0.312. The van der Waals surface area contributed by atoms with Gasteiger partial charge in [0.25, 0.3) is 0 Å². The van der Waals surface area contributed by atoms with E-state index in [1.807, 2.05) is 0 Å². The summed E-state index contributed by atoms with van der Waals surface area (Å²) in [4.78, 5) is 0. The third kappa shape index (κ3) is 1.19. The molecular formula is C5H9F2NO. The molecule has 0 aromatic rings. The van der Waals surface area contributed by atoms with Gasteiger partial charge in [0.05, 0.1) is 12.6 Å². The zero-order valence-corrected chi connectivity index (χ0v) is 4.85. The molecule has 0 radical (unpaired) electrons. The van der Waals surface area contributed by atoms with E-state index in [0.29, 0.717) is 0 Å². The standard InChI is InChI=1S/C5H9F2NO/c6-3-1-8-4(2-9)5(3)7/h3-5,8-9H,1-2H2/t3?,4-,5?/m1/s1. The number of halogens is 2. The number of alkyl halides is 2. The molecule has 1 saturated heterocycles. The summed E-state index contributed by atoms with van der Waals surface area (Å²) >= 11 is 0. The van der Waals surface area contributed by atoms with E-state index in [9.17, 15) is 8.78 Å². The topological polar surface area (TPSA) is 32.3 Å². The van der Waals surface area contributed by atoms with Crippen LogP contribution in [0.2, 0.25) is 0 Å². The summed E-state index contributed by atoms with van der Waals surface area (Å²) in [5.74, 6) is 0. The monoisotopic (exact) mass is 137 g/mol. The SMILES string of the molecule is OC[C@H]1NCC(F)C1F. The first-order valence-corrected chi connectivity index (χ1v) is 2.88. The van der Waals surface area contributed by atoms with Gasteiger partial charge in [-0.1, -0.05) is 0 Å². The van der Waals surface area contributed by atoms with Crippen molar-refractivity contribution in [3.63, 3.8) is 0 Å². The predicted octanol–water partition coefficient (Wildman–Crippen LogP) is -0.373. The Kier molecular flexibility index (Phi) is 1.97. The van der Waals surface area contributed by atoms with Gasteiger partial charge < -0.3 is 10.4 Å². The summed E-state index contributed by atoms with van der Waals surface area (Å²) in [6.07, 6.45) is -2.97. The van der Waals surface area contributed by atoms with E-state index < -0.39 is 18.4 Å². The highest BCUT2D eigenvalue weighted by Gasteiger charge is 2.35. The molecule has 9 heavy (non-hydrogen) atoms. The zero-order valence-electron chi connectivity index (χ0n) is 4.85. The van der Waals surface area contributed by atoms with Crippen LogP contribution in [-0.4, -0.2) is 36.6 Å². The Morgan fingerprint density at radius 1 is 1.56 bits per heavy atom. The normalized spacial score (nSPS) is 43.7. The highest BCUT2D eigenvalue weighted by Crippen LogP contribution is 2.14. The Morgan fingerprint density at radius 2 is 2.22 bits per heavy atom. The second kappa shape index (κ2) is 2.58. The van der Waals surface area contributed by atoms with Gasteiger partial charge in [-0.2, -0.15) is 0 Å². The molecule has 1 aliphatic rings. The van der Waals surface area contributed by atoms with Gasteiger partial charge in [0, 0.05) is 6.54 Å². The molecule has 0 saturated carbocycles. The van der Waals surface area contributed by atoms with Crippen molar-refractivity contribution in [2.24, 2.45) is 0 Å². The molecule has 0 bridgehead atoms. The van der Waals surface area contributed by atoms with Crippen molar-refractivity contribution in [1.29, 1.82) is 0 Å². The van der Waals surface area contributed by atoms with E-state index in [0.717, 1.165) is 0 Å². The fourth-order valence-electron chi connectivity index (χ4n) is 0.906. The molecule has 0 aliphatic carbocycles. The Morgan fingerprint density at radius 3 is 2.44 bits per heavy atom. The highest BCUT2D eigenvalue weighted by molar-refractivity contribution is 4.90. The van der Waals surface area contributed by atoms with Gasteiger partial charge in [-0.25, -0.2) is 8.78 Å². The lowest BCUT2D eigenvalue weighted by Crippen LogP contribution is -2.32. The van der Waals surface area contributed by atoms with Gasteiger partial charge in [0.15, 0.2) is 0 Å². The average molecular weight is 137 g/mol. The minimum atomic E-state index is -1.53. The number of aliphatic hydroxyl groups excluding tert-OH is 1. The second-order valence-corrected chi connectivity index (χ2v) is 2.16. The molecule has 2 N–H and O–H groups in total. The van der Waals surface area contributed by atoms with Crippen molar-refractivity contribution >= 4 is 0 Å². The van der Waals surface area contributed by atoms with Gasteiger partial charge in [-0.05, 0) is 0 Å².